The molecule has 4 heteroatoms. The molecule has 0 bridgehead atoms. The third kappa shape index (κ3) is 2.67. The quantitative estimate of drug-likeness (QED) is 0.746. The topological polar surface area (TPSA) is 35.0 Å². The molecular weight excluding hydrogens is 212 g/mol. The van der Waals surface area contributed by atoms with Crippen molar-refractivity contribution in [3.05, 3.63) is 48.4 Å². The molecule has 0 aliphatic rings. The van der Waals surface area contributed by atoms with Gasteiger partial charge in [-0.25, -0.2) is 9.97 Å². The largest absolute Gasteiger partial charge is 0.439 e. The highest BCUT2D eigenvalue weighted by Crippen LogP contribution is 2.18. The summed E-state index contributed by atoms with van der Waals surface area (Å²) in [4.78, 5) is 7.97. The molecule has 0 fully saturated rings. The second-order valence-electron chi connectivity index (χ2n) is 2.90. The van der Waals surface area contributed by atoms with Crippen molar-refractivity contribution in [2.24, 2.45) is 0 Å². The first kappa shape index (κ1) is 9.93. The summed E-state index contributed by atoms with van der Waals surface area (Å²) in [7, 11) is 0. The Balaban J connectivity index is 2.17. The van der Waals surface area contributed by atoms with Crippen LogP contribution in [0.4, 0.5) is 0 Å². The highest BCUT2D eigenvalue weighted by molar-refractivity contribution is 6.16. The van der Waals surface area contributed by atoms with Gasteiger partial charge in [-0.3, -0.25) is 0 Å². The third-order valence-electron chi connectivity index (χ3n) is 1.80. The van der Waals surface area contributed by atoms with Crippen LogP contribution in [0, 0.1) is 0 Å². The van der Waals surface area contributed by atoms with Crippen LogP contribution in [0.5, 0.6) is 11.6 Å². The van der Waals surface area contributed by atoms with Crippen molar-refractivity contribution in [3.8, 4) is 11.6 Å². The van der Waals surface area contributed by atoms with Gasteiger partial charge in [0, 0.05) is 6.07 Å². The number of ether oxygens (including phenoxy) is 1. The number of para-hydroxylation sites is 1. The van der Waals surface area contributed by atoms with Gasteiger partial charge in [-0.1, -0.05) is 18.2 Å². The van der Waals surface area contributed by atoms with E-state index in [0.717, 1.165) is 11.4 Å². The summed E-state index contributed by atoms with van der Waals surface area (Å²) < 4.78 is 5.51. The second kappa shape index (κ2) is 4.75. The lowest BCUT2D eigenvalue weighted by atomic mass is 10.3. The van der Waals surface area contributed by atoms with Crippen LogP contribution in [0.25, 0.3) is 0 Å². The van der Waals surface area contributed by atoms with Gasteiger partial charge in [-0.05, 0) is 12.1 Å². The molecule has 0 aliphatic heterocycles. The van der Waals surface area contributed by atoms with Crippen LogP contribution in [0.15, 0.2) is 42.7 Å². The molecule has 1 aromatic heterocycles. The van der Waals surface area contributed by atoms with Gasteiger partial charge < -0.3 is 4.74 Å². The van der Waals surface area contributed by atoms with Gasteiger partial charge in [-0.15, -0.1) is 11.6 Å². The van der Waals surface area contributed by atoms with E-state index in [1.54, 1.807) is 6.07 Å². The van der Waals surface area contributed by atoms with E-state index in [0.29, 0.717) is 11.8 Å². The molecule has 0 atom stereocenters. The summed E-state index contributed by atoms with van der Waals surface area (Å²) in [6.07, 6.45) is 1.44. The molecule has 2 aromatic rings. The van der Waals surface area contributed by atoms with Crippen molar-refractivity contribution < 1.29 is 4.74 Å². The molecular formula is C11H9ClN2O. The van der Waals surface area contributed by atoms with Crippen molar-refractivity contribution in [2.75, 3.05) is 0 Å². The molecule has 1 heterocycles. The van der Waals surface area contributed by atoms with Crippen molar-refractivity contribution in [1.82, 2.24) is 9.97 Å². The molecule has 3 nitrogen and oxygen atoms in total. The molecule has 0 radical (unpaired) electrons. The van der Waals surface area contributed by atoms with Gasteiger partial charge in [0.25, 0.3) is 0 Å². The van der Waals surface area contributed by atoms with Gasteiger partial charge in [0.05, 0.1) is 11.6 Å². The minimum Gasteiger partial charge on any atom is -0.439 e. The minimum atomic E-state index is 0.355. The summed E-state index contributed by atoms with van der Waals surface area (Å²) >= 11 is 5.66. The predicted molar refractivity (Wildman–Crippen MR) is 58.1 cm³/mol. The lowest BCUT2D eigenvalue weighted by molar-refractivity contribution is 0.460. The van der Waals surface area contributed by atoms with Crippen molar-refractivity contribution >= 4 is 11.6 Å². The fourth-order valence-electron chi connectivity index (χ4n) is 1.12. The Hall–Kier alpha value is -1.61. The van der Waals surface area contributed by atoms with Gasteiger partial charge >= 0.3 is 0 Å². The Labute approximate surface area is 92.7 Å². The standard InChI is InChI=1S/C11H9ClN2O/c12-7-9-6-11(14-8-13-9)15-10-4-2-1-3-5-10/h1-6,8H,7H2. The van der Waals surface area contributed by atoms with Crippen LogP contribution in [-0.4, -0.2) is 9.97 Å². The van der Waals surface area contributed by atoms with Crippen molar-refractivity contribution in [3.63, 3.8) is 0 Å². The zero-order chi connectivity index (χ0) is 10.5. The Morgan fingerprint density at radius 3 is 2.67 bits per heavy atom. The van der Waals surface area contributed by atoms with E-state index in [1.807, 2.05) is 30.3 Å². The first-order valence-electron chi connectivity index (χ1n) is 4.48. The van der Waals surface area contributed by atoms with Gasteiger partial charge in [0.15, 0.2) is 0 Å². The smallest absolute Gasteiger partial charge is 0.222 e. The summed E-state index contributed by atoms with van der Waals surface area (Å²) in [5.41, 5.74) is 0.748. The average Bonchev–Trinajstić information content (AvgIpc) is 2.31. The van der Waals surface area contributed by atoms with Gasteiger partial charge in [0.1, 0.15) is 12.1 Å². The molecule has 0 N–H and O–H groups in total. The highest BCUT2D eigenvalue weighted by atomic mass is 35.5. The molecule has 0 unspecified atom stereocenters. The molecule has 1 aromatic carbocycles. The summed E-state index contributed by atoms with van der Waals surface area (Å²) in [5, 5.41) is 0. The number of rotatable bonds is 3. The SMILES string of the molecule is ClCc1cc(Oc2ccccc2)ncn1. The molecule has 0 aliphatic carbocycles. The second-order valence-corrected chi connectivity index (χ2v) is 3.16. The van der Waals surface area contributed by atoms with Crippen LogP contribution in [0.3, 0.4) is 0 Å². The lowest BCUT2D eigenvalue weighted by Gasteiger charge is -2.04. The zero-order valence-electron chi connectivity index (χ0n) is 7.93. The Morgan fingerprint density at radius 1 is 1.13 bits per heavy atom. The fraction of sp³-hybridized carbons (Fsp3) is 0.0909. The Kier molecular flexibility index (Phi) is 3.15. The maximum absolute atomic E-state index is 5.66. The molecule has 0 saturated carbocycles. The summed E-state index contributed by atoms with van der Waals surface area (Å²) in [5.74, 6) is 1.61. The van der Waals surface area contributed by atoms with Crippen LogP contribution in [0.2, 0.25) is 0 Å². The van der Waals surface area contributed by atoms with Crippen molar-refractivity contribution in [2.45, 2.75) is 5.88 Å². The molecule has 0 amide bonds. The summed E-state index contributed by atoms with van der Waals surface area (Å²) in [6.45, 7) is 0. The Morgan fingerprint density at radius 2 is 1.93 bits per heavy atom. The van der Waals surface area contributed by atoms with E-state index in [2.05, 4.69) is 9.97 Å². The number of benzene rings is 1. The van der Waals surface area contributed by atoms with E-state index >= 15 is 0 Å². The molecule has 0 spiro atoms. The number of hydrogen-bond acceptors (Lipinski definition) is 3. The van der Waals surface area contributed by atoms with Crippen LogP contribution in [0.1, 0.15) is 5.69 Å². The molecule has 0 saturated heterocycles. The van der Waals surface area contributed by atoms with E-state index in [-0.39, 0.29) is 0 Å². The molecule has 76 valence electrons. The van der Waals surface area contributed by atoms with Gasteiger partial charge in [-0.2, -0.15) is 0 Å². The van der Waals surface area contributed by atoms with Crippen LogP contribution >= 0.6 is 11.6 Å². The highest BCUT2D eigenvalue weighted by Gasteiger charge is 1.99. The predicted octanol–water partition coefficient (Wildman–Crippen LogP) is 3.01. The van der Waals surface area contributed by atoms with Crippen molar-refractivity contribution in [1.29, 1.82) is 0 Å². The number of hydrogen-bond donors (Lipinski definition) is 0. The number of aromatic nitrogens is 2. The lowest BCUT2D eigenvalue weighted by Crippen LogP contribution is -1.91. The first-order valence-corrected chi connectivity index (χ1v) is 5.02. The third-order valence-corrected chi connectivity index (χ3v) is 2.07. The molecule has 15 heavy (non-hydrogen) atoms. The molecule has 2 rings (SSSR count). The average molecular weight is 221 g/mol. The Bertz CT molecular complexity index is 434. The summed E-state index contributed by atoms with van der Waals surface area (Å²) in [6, 6.07) is 11.2. The van der Waals surface area contributed by atoms with E-state index in [1.165, 1.54) is 6.33 Å². The maximum Gasteiger partial charge on any atom is 0.222 e. The zero-order valence-corrected chi connectivity index (χ0v) is 8.69. The monoisotopic (exact) mass is 220 g/mol. The van der Waals surface area contributed by atoms with E-state index < -0.39 is 0 Å². The van der Waals surface area contributed by atoms with E-state index in [9.17, 15) is 0 Å². The minimum absolute atomic E-state index is 0.355. The maximum atomic E-state index is 5.66. The number of halogens is 1. The first-order chi connectivity index (χ1) is 7.38. The van der Waals surface area contributed by atoms with Crippen LogP contribution < -0.4 is 4.74 Å². The van der Waals surface area contributed by atoms with Gasteiger partial charge in [0.2, 0.25) is 5.88 Å². The number of nitrogens with zero attached hydrogens (tertiary/aromatic N) is 2. The van der Waals surface area contributed by atoms with Crippen LogP contribution in [-0.2, 0) is 5.88 Å². The fourth-order valence-corrected chi connectivity index (χ4v) is 1.26. The number of alkyl halides is 1. The van der Waals surface area contributed by atoms with E-state index in [4.69, 9.17) is 16.3 Å². The normalized spacial score (nSPS) is 9.93.